The van der Waals surface area contributed by atoms with Crippen LogP contribution in [0.25, 0.3) is 33.8 Å². The lowest BCUT2D eigenvalue weighted by molar-refractivity contribution is 0.0326. The Morgan fingerprint density at radius 1 is 0.477 bits per heavy atom. The first-order valence-electron chi connectivity index (χ1n) is 36.5. The van der Waals surface area contributed by atoms with E-state index in [2.05, 4.69) is 25.1 Å². The van der Waals surface area contributed by atoms with Gasteiger partial charge >= 0.3 is 11.9 Å². The minimum atomic E-state index is -0.630. The molecule has 6 saturated carbocycles. The minimum absolute atomic E-state index is 0. The molecule has 9 aliphatic rings. The van der Waals surface area contributed by atoms with Crippen LogP contribution < -0.4 is 32.3 Å². The molecule has 6 aromatic rings. The predicted molar refractivity (Wildman–Crippen MR) is 434 cm³/mol. The van der Waals surface area contributed by atoms with E-state index < -0.39 is 11.9 Å². The van der Waals surface area contributed by atoms with Crippen LogP contribution in [0, 0.1) is 37.0 Å². The second-order valence-electron chi connectivity index (χ2n) is 29.3. The van der Waals surface area contributed by atoms with Gasteiger partial charge in [0.15, 0.2) is 28.2 Å². The molecule has 0 bridgehead atoms. The Morgan fingerprint density at radius 3 is 1.19 bits per heavy atom. The molecule has 8 N–H and O–H groups in total. The summed E-state index contributed by atoms with van der Waals surface area (Å²) >= 11 is 43.5. The van der Waals surface area contributed by atoms with Crippen molar-refractivity contribution >= 4 is 105 Å². The number of aryl methyl sites for hydroxylation is 3. The number of nitrogens with one attached hydrogen (secondary N) is 1. The Bertz CT molecular complexity index is 4020. The molecule has 9 fully saturated rings. The summed E-state index contributed by atoms with van der Waals surface area (Å²) < 4.78 is 28.7. The van der Waals surface area contributed by atoms with Gasteiger partial charge in [0.1, 0.15) is 5.69 Å². The number of rotatable bonds is 16. The first-order chi connectivity index (χ1) is 49.4. The number of benzene rings is 3. The van der Waals surface area contributed by atoms with Crippen molar-refractivity contribution in [3.8, 4) is 33.8 Å². The van der Waals surface area contributed by atoms with E-state index >= 15 is 0 Å². The van der Waals surface area contributed by atoms with Crippen LogP contribution in [-0.4, -0.2) is 154 Å². The highest BCUT2D eigenvalue weighted by Gasteiger charge is 2.51. The van der Waals surface area contributed by atoms with Crippen molar-refractivity contribution < 1.29 is 38.4 Å². The first kappa shape index (κ1) is 87.7. The molecule has 0 unspecified atom stereocenters. The van der Waals surface area contributed by atoms with Gasteiger partial charge in [-0.1, -0.05) is 147 Å². The lowest BCUT2D eigenvalue weighted by Crippen LogP contribution is -2.47. The Balaban J connectivity index is 0.000000185. The number of carbonyl (C=O) groups excluding carboxylic acids is 2. The van der Waals surface area contributed by atoms with Gasteiger partial charge in [0.25, 0.3) is 0 Å². The van der Waals surface area contributed by atoms with Gasteiger partial charge in [0.05, 0.1) is 121 Å². The van der Waals surface area contributed by atoms with Crippen molar-refractivity contribution in [1.82, 2.24) is 35.2 Å². The normalized spacial score (nSPS) is 22.8. The highest BCUT2D eigenvalue weighted by molar-refractivity contribution is 6.45. The number of halogens is 7. The number of piperidine rings is 3. The molecule has 27 heteroatoms. The van der Waals surface area contributed by atoms with Gasteiger partial charge in [-0.05, 0) is 198 Å². The predicted octanol–water partition coefficient (Wildman–Crippen LogP) is 17.9. The Kier molecular flexibility index (Phi) is 31.2. The van der Waals surface area contributed by atoms with Crippen LogP contribution in [0.4, 0.5) is 11.6 Å². The number of hydrogen-bond donors (Lipinski definition) is 5. The van der Waals surface area contributed by atoms with Crippen LogP contribution in [0.15, 0.2) is 54.6 Å². The maximum atomic E-state index is 13.0. The number of anilines is 2. The summed E-state index contributed by atoms with van der Waals surface area (Å²) in [4.78, 5) is 56.7. The van der Waals surface area contributed by atoms with Gasteiger partial charge in [-0.3, -0.25) is 0 Å². The number of nitrogens with zero attached hydrogens (tertiary/aromatic N) is 8. The second kappa shape index (κ2) is 38.1. The summed E-state index contributed by atoms with van der Waals surface area (Å²) in [6.07, 6.45) is 22.5. The van der Waals surface area contributed by atoms with Crippen molar-refractivity contribution in [2.24, 2.45) is 33.4 Å². The number of esters is 2. The van der Waals surface area contributed by atoms with E-state index in [-0.39, 0.29) is 95.1 Å². The zero-order valence-corrected chi connectivity index (χ0v) is 64.5. The Labute approximate surface area is 668 Å². The molecule has 3 aliphatic heterocycles. The molecule has 6 aliphatic carbocycles. The Morgan fingerprint density at radius 2 is 0.813 bits per heavy atom. The van der Waals surface area contributed by atoms with Gasteiger partial charge in [0.2, 0.25) is 0 Å². The fourth-order valence-electron chi connectivity index (χ4n) is 16.0. The molecule has 6 heterocycles. The van der Waals surface area contributed by atoms with E-state index in [1.54, 1.807) is 57.2 Å². The smallest absolute Gasteiger partial charge is 0.360 e. The molecule has 107 heavy (non-hydrogen) atoms. The summed E-state index contributed by atoms with van der Waals surface area (Å²) in [5, 5.41) is 16.0. The molecule has 0 amide bonds. The van der Waals surface area contributed by atoms with Crippen LogP contribution in [0.2, 0.25) is 35.3 Å². The maximum Gasteiger partial charge on any atom is 0.360 e. The number of carbonyl (C=O) groups is 2. The summed E-state index contributed by atoms with van der Waals surface area (Å²) in [7, 11) is 0. The molecular weight excluding hydrogens is 1510 g/mol. The van der Waals surface area contributed by atoms with Crippen LogP contribution in [0.3, 0.4) is 0 Å². The van der Waals surface area contributed by atoms with Crippen molar-refractivity contribution in [2.75, 3.05) is 62.3 Å². The molecule has 15 rings (SSSR count). The van der Waals surface area contributed by atoms with Gasteiger partial charge in [-0.25, -0.2) is 39.5 Å². The van der Waals surface area contributed by atoms with Crippen LogP contribution in [-0.2, 0) is 30.3 Å². The number of aliphatic hydroxyl groups is 1. The molecule has 3 saturated heterocycles. The second-order valence-corrected chi connectivity index (χ2v) is 32.0. The summed E-state index contributed by atoms with van der Waals surface area (Å²) in [6.45, 7) is 14.8. The Hall–Kier alpha value is -4.85. The largest absolute Gasteiger partial charge is 0.461 e. The van der Waals surface area contributed by atoms with Crippen LogP contribution in [0.5, 0.6) is 0 Å². The fraction of sp³-hybridized carbons (Fsp3) is 0.600. The van der Waals surface area contributed by atoms with E-state index in [0.717, 1.165) is 114 Å². The van der Waals surface area contributed by atoms with Crippen molar-refractivity contribution in [3.05, 3.63) is 124 Å². The molecule has 6 atom stereocenters. The minimum Gasteiger partial charge on any atom is -0.461 e. The topological polar surface area (TPSA) is 274 Å². The van der Waals surface area contributed by atoms with E-state index in [1.165, 1.54) is 57.8 Å². The van der Waals surface area contributed by atoms with Gasteiger partial charge in [0, 0.05) is 61.0 Å². The van der Waals surface area contributed by atoms with Gasteiger partial charge in [-0.2, -0.15) is 0 Å². The van der Waals surface area contributed by atoms with E-state index in [1.807, 2.05) is 32.0 Å². The summed E-state index contributed by atoms with van der Waals surface area (Å²) in [5.74, 6) is 0.175. The third-order valence-corrected chi connectivity index (χ3v) is 24.9. The average Bonchev–Trinajstić information content (AvgIpc) is 1.65. The third kappa shape index (κ3) is 20.3. The molecular formula is C80H111Cl7N12O8. The highest BCUT2D eigenvalue weighted by atomic mass is 35.5. The van der Waals surface area contributed by atoms with E-state index in [0.29, 0.717) is 123 Å². The number of ether oxygens (including phenoxy) is 5. The van der Waals surface area contributed by atoms with Crippen LogP contribution in [0.1, 0.15) is 203 Å². The fourth-order valence-corrected chi connectivity index (χ4v) is 17.4. The average molecular weight is 1620 g/mol. The number of hydrogen-bond acceptors (Lipinski definition) is 20. The molecule has 3 aromatic heterocycles. The maximum absolute atomic E-state index is 13.0. The van der Waals surface area contributed by atoms with Crippen molar-refractivity contribution in [3.63, 3.8) is 0 Å². The summed E-state index contributed by atoms with van der Waals surface area (Å²) in [5.41, 5.74) is 26.5. The first-order valence-corrected chi connectivity index (χ1v) is 39.1. The number of aliphatic hydroxyl groups excluding tert-OH is 1. The zero-order chi connectivity index (χ0) is 73.1. The van der Waals surface area contributed by atoms with Crippen molar-refractivity contribution in [2.45, 2.75) is 241 Å². The van der Waals surface area contributed by atoms with Gasteiger partial charge in [-0.15, -0.1) is 0 Å². The number of aromatic nitrogens is 6. The monoisotopic (exact) mass is 1610 g/mol. The lowest BCUT2D eigenvalue weighted by Gasteiger charge is -2.42. The molecule has 3 spiro atoms. The number of nitrogens with two attached hydrogens (primary N) is 3. The van der Waals surface area contributed by atoms with Gasteiger partial charge < -0.3 is 61.1 Å². The molecule has 3 aromatic carbocycles. The van der Waals surface area contributed by atoms with Crippen LogP contribution >= 0.6 is 81.2 Å². The SMILES string of the molecule is C.C.C.C.CCOC(=O)c1nc(-c2cccc(Cl)c2Cl)c(C)nc1Cl.CCOC(=O)c1nc(-c2cccc(Cl)c2Cl)c(C)nc1N1CCC2(CC1)C[C@@H](OC1CC1)C[C@H]2N.Cc1nc(N2CCC3(CC2)C[C@@H](OC2CC2)C[C@H]3N)c(CO)nc1-c1cccc(Cl)c1Cl.N[C@@H]1C[C@H](OC2CC2)CC12CCNCC2. The lowest BCUT2D eigenvalue weighted by atomic mass is 9.74. The zero-order valence-electron chi connectivity index (χ0n) is 59.2. The third-order valence-electron chi connectivity index (χ3n) is 22.2. The highest BCUT2D eigenvalue weighted by Crippen LogP contribution is 2.52. The molecule has 0 radical (unpaired) electrons. The molecule has 588 valence electrons. The quantitative estimate of drug-likeness (QED) is 0.0563. The standard InChI is InChI=1S/C26H32Cl2N4O3.C24H30Cl2N4O2.C14H11Cl3N2O2.C12H22N2O.4CH4/c1-3-34-25(33)23-24(30-15(2)22(31-23)18-5-4-6-19(27)21(18)28)32-11-9-26(10-12-32)14-17(13-20(26)29)35-16-7-8-16;1-14-22(17-3-2-4-18(25)21(17)26)29-19(13-31)23(28-14)30-9-7-24(8-10-30)12-16(11-20(24)27)32-15-5-6-15;1-3-21-14(20)12-13(17)18-7(2)11(19-12)8-5-4-6-9(15)10(8)16;13-11-7-10(15-9-1-2-9)8-12(11)3-5-14-6-4-12;;;;/h4-6,16-17,20H,3,7-14,29H2,1-2H3;2-4,15-16,20,31H,5-13,27H2,1H3;4-6H,3H2,1-2H3;9-11,14H,1-8,13H2;4*1H4/t17-,20+;16-,20+;;10-,11+;;;;/m00.0..../s1. The van der Waals surface area contributed by atoms with E-state index in [9.17, 15) is 14.7 Å². The molecule has 20 nitrogen and oxygen atoms in total. The van der Waals surface area contributed by atoms with Crippen molar-refractivity contribution in [1.29, 1.82) is 0 Å². The summed E-state index contributed by atoms with van der Waals surface area (Å²) in [6, 6.07) is 16.7. The van der Waals surface area contributed by atoms with E-state index in [4.69, 9.17) is 142 Å².